The maximum Gasteiger partial charge on any atom is 0.417 e. The van der Waals surface area contributed by atoms with E-state index in [0.717, 1.165) is 30.3 Å². The zero-order valence-electron chi connectivity index (χ0n) is 22.4. The van der Waals surface area contributed by atoms with Crippen LogP contribution in [0.15, 0.2) is 59.5 Å². The van der Waals surface area contributed by atoms with Crippen LogP contribution in [0.1, 0.15) is 36.1 Å². The molecule has 2 atom stereocenters. The molecule has 0 radical (unpaired) electrons. The average Bonchev–Trinajstić information content (AvgIpc) is 3.45. The topological polar surface area (TPSA) is 91.0 Å². The molecule has 0 spiro atoms. The quantitative estimate of drug-likeness (QED) is 0.337. The normalized spacial score (nSPS) is 20.5. The first-order chi connectivity index (χ1) is 19.6. The summed E-state index contributed by atoms with van der Waals surface area (Å²) in [5, 5.41) is 17.2. The van der Waals surface area contributed by atoms with Crippen LogP contribution in [0.5, 0.6) is 0 Å². The number of benzene rings is 2. The number of hydrogen-bond acceptors (Lipinski definition) is 6. The Hall–Kier alpha value is -3.57. The molecule has 224 valence electrons. The average molecular weight is 612 g/mol. The van der Waals surface area contributed by atoms with Crippen LogP contribution in [0.4, 0.5) is 32.2 Å². The lowest BCUT2D eigenvalue weighted by Gasteiger charge is -2.28. The summed E-state index contributed by atoms with van der Waals surface area (Å²) in [6.07, 6.45) is -7.76. The van der Waals surface area contributed by atoms with Gasteiger partial charge in [-0.1, -0.05) is 12.1 Å². The lowest BCUT2D eigenvalue weighted by molar-refractivity contribution is -0.140. The van der Waals surface area contributed by atoms with Crippen molar-refractivity contribution < 1.29 is 34.8 Å². The number of nitrogens with zero attached hydrogens (tertiary/aromatic N) is 4. The van der Waals surface area contributed by atoms with Crippen molar-refractivity contribution in [3.63, 3.8) is 0 Å². The molecular formula is C28H27F6N5O2S. The Morgan fingerprint density at radius 2 is 1.71 bits per heavy atom. The fraction of sp³-hybridized carbons (Fsp3) is 0.429. The monoisotopic (exact) mass is 611 g/mol. The lowest BCUT2D eigenvalue weighted by atomic mass is 10.1. The van der Waals surface area contributed by atoms with Gasteiger partial charge in [0.25, 0.3) is 0 Å². The predicted octanol–water partition coefficient (Wildman–Crippen LogP) is 5.53. The fourth-order valence-corrected chi connectivity index (χ4v) is 7.27. The molecule has 0 unspecified atom stereocenters. The second-order valence-electron chi connectivity index (χ2n) is 10.9. The number of hydrogen-bond donors (Lipinski definition) is 1. The Morgan fingerprint density at radius 1 is 1.05 bits per heavy atom. The van der Waals surface area contributed by atoms with Crippen LogP contribution in [0.3, 0.4) is 0 Å². The Morgan fingerprint density at radius 3 is 2.31 bits per heavy atom. The van der Waals surface area contributed by atoms with Crippen molar-refractivity contribution in [3.8, 4) is 11.8 Å². The molecular weight excluding hydrogens is 584 g/mol. The second-order valence-corrected chi connectivity index (χ2v) is 12.9. The molecule has 1 aliphatic carbocycles. The number of sulfone groups is 1. The number of anilines is 1. The van der Waals surface area contributed by atoms with Crippen molar-refractivity contribution >= 4 is 15.7 Å². The zero-order chi connectivity index (χ0) is 30.5. The Balaban J connectivity index is 1.46. The van der Waals surface area contributed by atoms with Crippen molar-refractivity contribution in [2.24, 2.45) is 5.92 Å². The fourth-order valence-electron chi connectivity index (χ4n) is 5.42. The maximum atomic E-state index is 13.6. The van der Waals surface area contributed by atoms with Crippen molar-refractivity contribution in [2.75, 3.05) is 23.7 Å². The molecule has 7 nitrogen and oxygen atoms in total. The number of nitriles is 1. The summed E-state index contributed by atoms with van der Waals surface area (Å²) in [4.78, 5) is 1.09. The molecule has 1 saturated carbocycles. The van der Waals surface area contributed by atoms with Crippen LogP contribution in [0.25, 0.3) is 5.69 Å². The third kappa shape index (κ3) is 6.12. The number of alkyl halides is 6. The second kappa shape index (κ2) is 10.6. The minimum atomic E-state index is -4.85. The molecule has 14 heteroatoms. The van der Waals surface area contributed by atoms with Crippen molar-refractivity contribution in [1.82, 2.24) is 15.1 Å². The van der Waals surface area contributed by atoms with Gasteiger partial charge in [0.1, 0.15) is 11.4 Å². The molecule has 42 heavy (non-hydrogen) atoms. The van der Waals surface area contributed by atoms with Crippen molar-refractivity contribution in [2.45, 2.75) is 55.0 Å². The van der Waals surface area contributed by atoms with Gasteiger partial charge in [0.2, 0.25) is 0 Å². The summed E-state index contributed by atoms with van der Waals surface area (Å²) in [6, 6.07) is 12.1. The molecule has 1 saturated heterocycles. The van der Waals surface area contributed by atoms with Gasteiger partial charge in [0, 0.05) is 25.2 Å². The van der Waals surface area contributed by atoms with Gasteiger partial charge in [0.05, 0.1) is 39.2 Å². The SMILES string of the molecule is Cc1cc(N2C[C@H](CS(=O)(=O)c3ccccc3C(F)(F)F)C[C@H]2CNC2(C#N)CC2)n(-c2ccc(C(F)(F)F)cc2)n1. The number of rotatable bonds is 8. The van der Waals surface area contributed by atoms with E-state index in [-0.39, 0.29) is 12.6 Å². The summed E-state index contributed by atoms with van der Waals surface area (Å²) in [5.74, 6) is -0.614. The van der Waals surface area contributed by atoms with E-state index in [9.17, 15) is 40.0 Å². The minimum absolute atomic E-state index is 0.144. The number of nitrogens with one attached hydrogen (secondary N) is 1. The molecule has 2 aromatic carbocycles. The largest absolute Gasteiger partial charge is 0.417 e. The molecule has 2 heterocycles. The van der Waals surface area contributed by atoms with Crippen LogP contribution in [0, 0.1) is 24.2 Å². The molecule has 2 fully saturated rings. The standard InChI is InChI=1S/C28H27F6N5O2S/c1-18-12-25(39(37-18)21-8-6-20(7-9-21)27(29,30)31)38-15-19(13-22(38)14-36-26(17-35)10-11-26)16-42(40,41)24-5-3-2-4-23(24)28(32,33)34/h2-9,12,19,22,36H,10-11,13-16H2,1H3/t19-,22+/m1/s1. The first-order valence-corrected chi connectivity index (χ1v) is 14.8. The predicted molar refractivity (Wildman–Crippen MR) is 142 cm³/mol. The third-order valence-corrected chi connectivity index (χ3v) is 9.61. The van der Waals surface area contributed by atoms with E-state index in [4.69, 9.17) is 0 Å². The van der Waals surface area contributed by atoms with E-state index in [1.54, 1.807) is 13.0 Å². The number of aryl methyl sites for hydroxylation is 1. The van der Waals surface area contributed by atoms with E-state index >= 15 is 0 Å². The minimum Gasteiger partial charge on any atom is -0.352 e. The van der Waals surface area contributed by atoms with E-state index in [1.807, 2.05) is 4.90 Å². The van der Waals surface area contributed by atoms with E-state index in [2.05, 4.69) is 16.5 Å². The Labute approximate surface area is 238 Å². The lowest BCUT2D eigenvalue weighted by Crippen LogP contribution is -2.43. The molecule has 5 rings (SSSR count). The van der Waals surface area contributed by atoms with Gasteiger partial charge in [0.15, 0.2) is 9.84 Å². The molecule has 2 aliphatic rings. The van der Waals surface area contributed by atoms with Gasteiger partial charge in [-0.3, -0.25) is 5.32 Å². The van der Waals surface area contributed by atoms with Crippen LogP contribution >= 0.6 is 0 Å². The summed E-state index contributed by atoms with van der Waals surface area (Å²) in [7, 11) is -4.35. The summed E-state index contributed by atoms with van der Waals surface area (Å²) in [6.45, 7) is 2.14. The smallest absolute Gasteiger partial charge is 0.352 e. The highest BCUT2D eigenvalue weighted by Crippen LogP contribution is 2.39. The number of halogens is 6. The molecule has 1 aliphatic heterocycles. The molecule has 3 aromatic rings. The van der Waals surface area contributed by atoms with E-state index < -0.39 is 55.4 Å². The van der Waals surface area contributed by atoms with Crippen LogP contribution in [-0.2, 0) is 22.2 Å². The summed E-state index contributed by atoms with van der Waals surface area (Å²) in [5.41, 5.74) is -1.81. The highest BCUT2D eigenvalue weighted by atomic mass is 32.2. The zero-order valence-corrected chi connectivity index (χ0v) is 23.2. The highest BCUT2D eigenvalue weighted by Gasteiger charge is 2.45. The van der Waals surface area contributed by atoms with Crippen molar-refractivity contribution in [3.05, 3.63) is 71.4 Å². The molecule has 1 aromatic heterocycles. The van der Waals surface area contributed by atoms with Crippen LogP contribution < -0.4 is 10.2 Å². The summed E-state index contributed by atoms with van der Waals surface area (Å²) < 4.78 is 108. The van der Waals surface area contributed by atoms with E-state index in [1.165, 1.54) is 22.9 Å². The molecule has 0 amide bonds. The highest BCUT2D eigenvalue weighted by molar-refractivity contribution is 7.91. The summed E-state index contributed by atoms with van der Waals surface area (Å²) >= 11 is 0. The Kier molecular flexibility index (Phi) is 7.55. The van der Waals surface area contributed by atoms with E-state index in [0.29, 0.717) is 43.0 Å². The van der Waals surface area contributed by atoms with Gasteiger partial charge in [-0.15, -0.1) is 0 Å². The van der Waals surface area contributed by atoms with Gasteiger partial charge >= 0.3 is 12.4 Å². The number of aromatic nitrogens is 2. The van der Waals surface area contributed by atoms with Crippen molar-refractivity contribution in [1.29, 1.82) is 5.26 Å². The maximum absolute atomic E-state index is 13.6. The van der Waals surface area contributed by atoms with Gasteiger partial charge in [-0.25, -0.2) is 13.1 Å². The Bertz CT molecular complexity index is 1610. The molecule has 0 bridgehead atoms. The van der Waals surface area contributed by atoms with Gasteiger partial charge < -0.3 is 4.90 Å². The van der Waals surface area contributed by atoms with Gasteiger partial charge in [-0.2, -0.15) is 36.7 Å². The third-order valence-electron chi connectivity index (χ3n) is 7.67. The first-order valence-electron chi connectivity index (χ1n) is 13.2. The van der Waals surface area contributed by atoms with Crippen LogP contribution in [-0.4, -0.2) is 48.6 Å². The van der Waals surface area contributed by atoms with Crippen LogP contribution in [0.2, 0.25) is 0 Å². The van der Waals surface area contributed by atoms with Gasteiger partial charge in [-0.05, 0) is 68.5 Å². The molecule has 1 N–H and O–H groups in total. The first kappa shape index (κ1) is 29.9.